The fourth-order valence-electron chi connectivity index (χ4n) is 10.7. The number of nitrogens with zero attached hydrogens (tertiary/aromatic N) is 1. The Morgan fingerprint density at radius 3 is 2.67 bits per heavy atom. The van der Waals surface area contributed by atoms with Crippen molar-refractivity contribution in [2.45, 2.75) is 63.0 Å². The molecule has 4 heteroatoms. The molecular weight excluding hydrogens is 302 g/mol. The third kappa shape index (κ3) is 0.980. The molecule has 4 nitrogen and oxygen atoms in total. The summed E-state index contributed by atoms with van der Waals surface area (Å²) in [4.78, 5) is 2.73. The van der Waals surface area contributed by atoms with E-state index in [1.54, 1.807) is 0 Å². The third-order valence-electron chi connectivity index (χ3n) is 10.1. The van der Waals surface area contributed by atoms with E-state index >= 15 is 0 Å². The van der Waals surface area contributed by atoms with E-state index in [-0.39, 0.29) is 40.1 Å². The van der Waals surface area contributed by atoms with E-state index < -0.39 is 12.2 Å². The fraction of sp³-hybridized carbons (Fsp3) is 0.900. The Kier molecular flexibility index (Phi) is 1.95. The number of hydrogen-bond acceptors (Lipinski definition) is 4. The molecule has 3 heterocycles. The van der Waals surface area contributed by atoms with Gasteiger partial charge < -0.3 is 15.3 Å². The predicted molar refractivity (Wildman–Crippen MR) is 86.8 cm³/mol. The van der Waals surface area contributed by atoms with Crippen molar-refractivity contribution in [3.05, 3.63) is 12.2 Å². The maximum Gasteiger partial charge on any atom is 0.0679 e. The van der Waals surface area contributed by atoms with Crippen LogP contribution in [-0.2, 0) is 0 Å². The van der Waals surface area contributed by atoms with E-state index in [1.807, 2.05) is 0 Å². The van der Waals surface area contributed by atoms with Crippen molar-refractivity contribution in [2.75, 3.05) is 6.54 Å². The molecule has 130 valence electrons. The van der Waals surface area contributed by atoms with Crippen molar-refractivity contribution in [2.24, 2.45) is 39.9 Å². The fourth-order valence-corrected chi connectivity index (χ4v) is 10.7. The molecule has 9 aliphatic rings. The van der Waals surface area contributed by atoms with Crippen LogP contribution in [0.15, 0.2) is 12.2 Å². The Morgan fingerprint density at radius 2 is 1.88 bits per heavy atom. The van der Waals surface area contributed by atoms with Gasteiger partial charge in [0.2, 0.25) is 0 Å². The second-order valence-corrected chi connectivity index (χ2v) is 10.8. The zero-order chi connectivity index (χ0) is 16.4. The molecule has 13 atom stereocenters. The quantitative estimate of drug-likeness (QED) is 0.574. The Bertz CT molecular complexity index is 709. The summed E-state index contributed by atoms with van der Waals surface area (Å²) >= 11 is 0. The number of fused-ring (bicyclic) bond motifs is 1. The minimum Gasteiger partial charge on any atom is -0.393 e. The second-order valence-electron chi connectivity index (χ2n) is 10.8. The first kappa shape index (κ1) is 13.7. The molecule has 9 rings (SSSR count). The van der Waals surface area contributed by atoms with Gasteiger partial charge in [-0.3, -0.25) is 4.90 Å². The summed E-state index contributed by atoms with van der Waals surface area (Å²) in [5, 5.41) is 33.3. The van der Waals surface area contributed by atoms with Crippen molar-refractivity contribution >= 4 is 0 Å². The Hall–Kier alpha value is -0.420. The molecular formula is C20H27NO3. The lowest BCUT2D eigenvalue weighted by Crippen LogP contribution is -2.67. The SMILES string of the molecule is C=C1C[C@@]23C[C@@H]4C5[C@@]6(C)C[C@H](O)C[C@@]57C2[C@H](O)[C@@H]1[C@H](O)[C@H]3[C@H]7N4C6. The van der Waals surface area contributed by atoms with E-state index in [9.17, 15) is 15.3 Å². The summed E-state index contributed by atoms with van der Waals surface area (Å²) in [5.74, 6) is 1.02. The number of aliphatic hydroxyl groups is 3. The van der Waals surface area contributed by atoms with Crippen LogP contribution in [0.1, 0.15) is 32.6 Å². The van der Waals surface area contributed by atoms with E-state index in [1.165, 1.54) is 0 Å². The predicted octanol–water partition coefficient (Wildman–Crippen LogP) is 0.764. The van der Waals surface area contributed by atoms with Crippen LogP contribution in [0.2, 0.25) is 0 Å². The molecule has 9 bridgehead atoms. The molecule has 3 unspecified atom stereocenters. The monoisotopic (exact) mass is 329 g/mol. The van der Waals surface area contributed by atoms with Crippen LogP contribution >= 0.6 is 0 Å². The van der Waals surface area contributed by atoms with Crippen LogP contribution in [0.3, 0.4) is 0 Å². The van der Waals surface area contributed by atoms with E-state index in [0.717, 1.165) is 37.8 Å². The smallest absolute Gasteiger partial charge is 0.0679 e. The normalized spacial score (nSPS) is 76.1. The Balaban J connectivity index is 1.54. The maximum atomic E-state index is 11.3. The van der Waals surface area contributed by atoms with Crippen LogP contribution < -0.4 is 0 Å². The van der Waals surface area contributed by atoms with Crippen molar-refractivity contribution in [1.82, 2.24) is 4.90 Å². The molecule has 3 aliphatic heterocycles. The minimum atomic E-state index is -0.460. The highest BCUT2D eigenvalue weighted by Gasteiger charge is 2.90. The molecule has 2 spiro atoms. The highest BCUT2D eigenvalue weighted by molar-refractivity contribution is 5.43. The van der Waals surface area contributed by atoms with Crippen molar-refractivity contribution < 1.29 is 15.3 Å². The zero-order valence-corrected chi connectivity index (χ0v) is 14.2. The lowest BCUT2D eigenvalue weighted by atomic mass is 9.39. The Morgan fingerprint density at radius 1 is 1.08 bits per heavy atom. The minimum absolute atomic E-state index is 0.0358. The molecule has 6 aliphatic carbocycles. The van der Waals surface area contributed by atoms with Crippen molar-refractivity contribution in [3.63, 3.8) is 0 Å². The molecule has 24 heavy (non-hydrogen) atoms. The van der Waals surface area contributed by atoms with Gasteiger partial charge >= 0.3 is 0 Å². The van der Waals surface area contributed by atoms with Gasteiger partial charge in [-0.2, -0.15) is 0 Å². The topological polar surface area (TPSA) is 63.9 Å². The standard InChI is InChI=1S/C20H27NO3/c1-8-3-19-6-10-15-18(2)4-9(22)5-20(15)16(19)14(24)11(8)13(23)12(19)17(20)21(10)7-18/h9-17,22-24H,1,3-7H2,2H3/t9-,10+,11-,12-,13-,14+,15?,16?,17+,18-,19-,20-/m0/s1. The van der Waals surface area contributed by atoms with Crippen molar-refractivity contribution in [1.29, 1.82) is 0 Å². The molecule has 0 radical (unpaired) electrons. The average Bonchev–Trinajstić information content (AvgIpc) is 2.88. The summed E-state index contributed by atoms with van der Waals surface area (Å²) in [6.45, 7) is 7.72. The van der Waals surface area contributed by atoms with Gasteiger partial charge in [0, 0.05) is 30.5 Å². The lowest BCUT2D eigenvalue weighted by Gasteiger charge is -2.65. The summed E-state index contributed by atoms with van der Waals surface area (Å²) in [7, 11) is 0. The highest BCUT2D eigenvalue weighted by Crippen LogP contribution is 2.86. The van der Waals surface area contributed by atoms with E-state index in [0.29, 0.717) is 18.0 Å². The van der Waals surface area contributed by atoms with Gasteiger partial charge in [-0.05, 0) is 53.8 Å². The highest BCUT2D eigenvalue weighted by atomic mass is 16.3. The third-order valence-corrected chi connectivity index (χ3v) is 10.1. The van der Waals surface area contributed by atoms with Crippen LogP contribution in [0.4, 0.5) is 0 Å². The molecule has 6 saturated carbocycles. The lowest BCUT2D eigenvalue weighted by molar-refractivity contribution is -0.213. The van der Waals surface area contributed by atoms with E-state index in [2.05, 4.69) is 18.4 Å². The van der Waals surface area contributed by atoms with Crippen LogP contribution in [0.5, 0.6) is 0 Å². The number of hydrogen-bond donors (Lipinski definition) is 3. The van der Waals surface area contributed by atoms with Gasteiger partial charge in [-0.25, -0.2) is 0 Å². The summed E-state index contributed by atoms with van der Waals surface area (Å²) in [6.07, 6.45) is 2.76. The van der Waals surface area contributed by atoms with Gasteiger partial charge in [0.15, 0.2) is 0 Å². The first-order valence-electron chi connectivity index (χ1n) is 9.83. The number of rotatable bonds is 0. The first-order valence-corrected chi connectivity index (χ1v) is 9.83. The van der Waals surface area contributed by atoms with Crippen LogP contribution in [0.25, 0.3) is 0 Å². The van der Waals surface area contributed by atoms with Crippen molar-refractivity contribution in [3.8, 4) is 0 Å². The van der Waals surface area contributed by atoms with E-state index in [4.69, 9.17) is 0 Å². The number of piperidine rings is 2. The maximum absolute atomic E-state index is 11.3. The van der Waals surface area contributed by atoms with Crippen LogP contribution in [0, 0.1) is 39.9 Å². The number of aliphatic hydroxyl groups excluding tert-OH is 3. The van der Waals surface area contributed by atoms with Crippen LogP contribution in [-0.4, -0.2) is 57.2 Å². The Labute approximate surface area is 142 Å². The molecule has 3 saturated heterocycles. The molecule has 9 fully saturated rings. The van der Waals surface area contributed by atoms with Gasteiger partial charge in [0.1, 0.15) is 0 Å². The largest absolute Gasteiger partial charge is 0.393 e. The summed E-state index contributed by atoms with van der Waals surface area (Å²) < 4.78 is 0. The zero-order valence-electron chi connectivity index (χ0n) is 14.2. The van der Waals surface area contributed by atoms with Gasteiger partial charge in [0.25, 0.3) is 0 Å². The molecule has 3 N–H and O–H groups in total. The van der Waals surface area contributed by atoms with Gasteiger partial charge in [0.05, 0.1) is 18.3 Å². The summed E-state index contributed by atoms with van der Waals surface area (Å²) in [6, 6.07) is 0.999. The molecule has 0 aromatic rings. The summed E-state index contributed by atoms with van der Waals surface area (Å²) in [5.41, 5.74) is 1.37. The molecule has 0 aromatic carbocycles. The molecule has 0 aromatic heterocycles. The second kappa shape index (κ2) is 3.40. The first-order chi connectivity index (χ1) is 11.4. The molecule has 0 amide bonds. The average molecular weight is 329 g/mol. The van der Waals surface area contributed by atoms with Gasteiger partial charge in [-0.15, -0.1) is 0 Å². The van der Waals surface area contributed by atoms with Gasteiger partial charge in [-0.1, -0.05) is 19.1 Å².